The minimum Gasteiger partial charge on any atom is -0.493 e. The second-order valence-electron chi connectivity index (χ2n) is 8.71. The van der Waals surface area contributed by atoms with Crippen LogP contribution in [0, 0.1) is 5.41 Å². The van der Waals surface area contributed by atoms with Gasteiger partial charge in [0, 0.05) is 24.1 Å². The molecule has 0 saturated heterocycles. The van der Waals surface area contributed by atoms with Crippen molar-refractivity contribution in [1.82, 2.24) is 4.90 Å². The van der Waals surface area contributed by atoms with Crippen molar-refractivity contribution in [1.29, 1.82) is 5.41 Å². The van der Waals surface area contributed by atoms with Crippen LogP contribution in [0.2, 0.25) is 0 Å². The number of rotatable bonds is 7. The van der Waals surface area contributed by atoms with Crippen LogP contribution in [0.5, 0.6) is 5.75 Å². The molecule has 0 saturated carbocycles. The summed E-state index contributed by atoms with van der Waals surface area (Å²) in [6.07, 6.45) is 3.32. The van der Waals surface area contributed by atoms with Crippen molar-refractivity contribution in [2.24, 2.45) is 0 Å². The van der Waals surface area contributed by atoms with Crippen LogP contribution in [0.3, 0.4) is 0 Å². The number of hydrogen-bond acceptors (Lipinski definition) is 6. The lowest BCUT2D eigenvalue weighted by molar-refractivity contribution is -0.155. The van der Waals surface area contributed by atoms with Gasteiger partial charge < -0.3 is 14.4 Å². The Balaban J connectivity index is 1.55. The molecule has 0 atom stereocenters. The van der Waals surface area contributed by atoms with E-state index < -0.39 is 11.6 Å². The highest BCUT2D eigenvalue weighted by Crippen LogP contribution is 2.24. The van der Waals surface area contributed by atoms with Crippen LogP contribution in [-0.4, -0.2) is 53.4 Å². The molecule has 0 fully saturated rings. The molecule has 2 aromatic carbocycles. The number of benzene rings is 2. The number of hydrogen-bond donors (Lipinski definition) is 1. The summed E-state index contributed by atoms with van der Waals surface area (Å²) in [4.78, 5) is 26.4. The molecule has 7 heteroatoms. The molecule has 6 nitrogen and oxygen atoms in total. The number of ether oxygens (including phenoxy) is 2. The number of nitrogens with one attached hydrogen (secondary N) is 1. The first-order chi connectivity index (χ1) is 15.2. The average Bonchev–Trinajstić information content (AvgIpc) is 2.74. The van der Waals surface area contributed by atoms with Gasteiger partial charge in [0.05, 0.1) is 11.7 Å². The Bertz CT molecular complexity index is 996. The molecule has 0 aromatic heterocycles. The molecule has 0 unspecified atom stereocenters. The van der Waals surface area contributed by atoms with E-state index in [4.69, 9.17) is 14.9 Å². The minimum absolute atomic E-state index is 0.0387. The monoisotopic (exact) mass is 454 g/mol. The first-order valence-corrected chi connectivity index (χ1v) is 11.9. The Hall–Kier alpha value is -2.80. The Morgan fingerprint density at radius 2 is 1.88 bits per heavy atom. The Labute approximate surface area is 193 Å². The van der Waals surface area contributed by atoms with Gasteiger partial charge in [0.15, 0.2) is 0 Å². The standard InChI is InChI=1S/C25H30N2O4S/c1-25(2,3)31-22(28)16-27-13-11-19-15-20(9-10-21(19)24(27)29)30-14-12-17-5-7-18(8-6-17)23(26)32-4/h5-10,15,26H,11-14,16H2,1-4H3. The molecule has 3 rings (SSSR count). The lowest BCUT2D eigenvalue weighted by Gasteiger charge is -2.29. The third kappa shape index (κ3) is 6.36. The van der Waals surface area contributed by atoms with E-state index in [2.05, 4.69) is 0 Å². The van der Waals surface area contributed by atoms with Gasteiger partial charge in [-0.1, -0.05) is 24.3 Å². The largest absolute Gasteiger partial charge is 0.493 e. The molecular weight excluding hydrogens is 424 g/mol. The molecule has 1 amide bonds. The summed E-state index contributed by atoms with van der Waals surface area (Å²) < 4.78 is 11.2. The Kier molecular flexibility index (Phi) is 7.61. The molecule has 1 aliphatic heterocycles. The van der Waals surface area contributed by atoms with E-state index in [9.17, 15) is 9.59 Å². The SMILES string of the molecule is CSC(=N)c1ccc(CCOc2ccc3c(c2)CCN(CC(=O)OC(C)(C)C)C3=O)cc1. The molecule has 0 bridgehead atoms. The van der Waals surface area contributed by atoms with Gasteiger partial charge in [-0.2, -0.15) is 0 Å². The molecule has 0 aliphatic carbocycles. The molecule has 1 heterocycles. The van der Waals surface area contributed by atoms with Crippen molar-refractivity contribution in [3.63, 3.8) is 0 Å². The fourth-order valence-corrected chi connectivity index (χ4v) is 3.88. The lowest BCUT2D eigenvalue weighted by atomic mass is 9.98. The first-order valence-electron chi connectivity index (χ1n) is 10.6. The zero-order valence-corrected chi connectivity index (χ0v) is 19.9. The van der Waals surface area contributed by atoms with E-state index in [0.717, 1.165) is 28.9 Å². The van der Waals surface area contributed by atoms with Crippen molar-refractivity contribution in [2.45, 2.75) is 39.2 Å². The molecule has 0 spiro atoms. The quantitative estimate of drug-likeness (QED) is 0.383. The summed E-state index contributed by atoms with van der Waals surface area (Å²) in [5.41, 5.74) is 3.04. The summed E-state index contributed by atoms with van der Waals surface area (Å²) in [5.74, 6) is 0.185. The van der Waals surface area contributed by atoms with Gasteiger partial charge >= 0.3 is 5.97 Å². The second-order valence-corrected chi connectivity index (χ2v) is 9.53. The number of nitrogens with zero attached hydrogens (tertiary/aromatic N) is 1. The maximum atomic E-state index is 12.8. The zero-order valence-electron chi connectivity index (χ0n) is 19.1. The van der Waals surface area contributed by atoms with Gasteiger partial charge in [0.25, 0.3) is 5.91 Å². The maximum absolute atomic E-state index is 12.8. The van der Waals surface area contributed by atoms with Crippen LogP contribution in [-0.2, 0) is 22.4 Å². The summed E-state index contributed by atoms with van der Waals surface area (Å²) >= 11 is 1.42. The van der Waals surface area contributed by atoms with E-state index in [1.807, 2.05) is 57.4 Å². The van der Waals surface area contributed by atoms with Crippen molar-refractivity contribution in [3.05, 3.63) is 64.7 Å². The Morgan fingerprint density at radius 1 is 1.16 bits per heavy atom. The molecule has 170 valence electrons. The van der Waals surface area contributed by atoms with Crippen molar-refractivity contribution >= 4 is 28.7 Å². The fourth-order valence-electron chi connectivity index (χ4n) is 3.51. The zero-order chi connectivity index (χ0) is 23.3. The van der Waals surface area contributed by atoms with E-state index >= 15 is 0 Å². The highest BCUT2D eigenvalue weighted by atomic mass is 32.2. The van der Waals surface area contributed by atoms with E-state index in [1.54, 1.807) is 12.1 Å². The van der Waals surface area contributed by atoms with Crippen LogP contribution in [0.15, 0.2) is 42.5 Å². The first kappa shape index (κ1) is 23.9. The van der Waals surface area contributed by atoms with Gasteiger partial charge in [-0.25, -0.2) is 0 Å². The topological polar surface area (TPSA) is 79.7 Å². The third-order valence-corrected chi connectivity index (χ3v) is 5.71. The number of carbonyl (C=O) groups excluding carboxylic acids is 2. The lowest BCUT2D eigenvalue weighted by Crippen LogP contribution is -2.42. The molecule has 1 N–H and O–H groups in total. The maximum Gasteiger partial charge on any atom is 0.326 e. The fraction of sp³-hybridized carbons (Fsp3) is 0.400. The summed E-state index contributed by atoms with van der Waals surface area (Å²) in [7, 11) is 0. The van der Waals surface area contributed by atoms with Gasteiger partial charge in [-0.15, -0.1) is 11.8 Å². The van der Waals surface area contributed by atoms with Crippen LogP contribution in [0.4, 0.5) is 0 Å². The third-order valence-electron chi connectivity index (χ3n) is 5.07. The van der Waals surface area contributed by atoms with E-state index in [0.29, 0.717) is 30.2 Å². The smallest absolute Gasteiger partial charge is 0.326 e. The molecular formula is C25H30N2O4S. The molecule has 0 radical (unpaired) electrons. The number of esters is 1. The van der Waals surface area contributed by atoms with Crippen molar-refractivity contribution in [3.8, 4) is 5.75 Å². The average molecular weight is 455 g/mol. The minimum atomic E-state index is -0.570. The van der Waals surface area contributed by atoms with Gasteiger partial charge in [0.2, 0.25) is 0 Å². The predicted molar refractivity (Wildman–Crippen MR) is 128 cm³/mol. The Morgan fingerprint density at radius 3 is 2.53 bits per heavy atom. The number of fused-ring (bicyclic) bond motifs is 1. The number of amides is 1. The summed E-state index contributed by atoms with van der Waals surface area (Å²) in [6, 6.07) is 13.5. The molecule has 32 heavy (non-hydrogen) atoms. The van der Waals surface area contributed by atoms with Crippen molar-refractivity contribution in [2.75, 3.05) is 26.0 Å². The normalized spacial score (nSPS) is 13.5. The van der Waals surface area contributed by atoms with E-state index in [-0.39, 0.29) is 12.5 Å². The second kappa shape index (κ2) is 10.2. The van der Waals surface area contributed by atoms with Crippen LogP contribution in [0.25, 0.3) is 0 Å². The van der Waals surface area contributed by atoms with E-state index in [1.165, 1.54) is 16.7 Å². The van der Waals surface area contributed by atoms with Crippen LogP contribution in [0.1, 0.15) is 47.8 Å². The van der Waals surface area contributed by atoms with Crippen molar-refractivity contribution < 1.29 is 19.1 Å². The summed E-state index contributed by atoms with van der Waals surface area (Å²) in [5, 5.41) is 8.42. The van der Waals surface area contributed by atoms with Gasteiger partial charge in [-0.3, -0.25) is 15.0 Å². The van der Waals surface area contributed by atoms with Gasteiger partial charge in [-0.05, 0) is 62.8 Å². The predicted octanol–water partition coefficient (Wildman–Crippen LogP) is 4.34. The summed E-state index contributed by atoms with van der Waals surface area (Å²) in [6.45, 7) is 6.40. The molecule has 1 aliphatic rings. The highest BCUT2D eigenvalue weighted by molar-refractivity contribution is 8.13. The van der Waals surface area contributed by atoms with Gasteiger partial charge in [0.1, 0.15) is 17.9 Å². The number of thioether (sulfide) groups is 1. The number of carbonyl (C=O) groups is 2. The highest BCUT2D eigenvalue weighted by Gasteiger charge is 2.28. The van der Waals surface area contributed by atoms with Crippen LogP contribution >= 0.6 is 11.8 Å². The molecule has 2 aromatic rings. The van der Waals surface area contributed by atoms with Crippen LogP contribution < -0.4 is 4.74 Å².